The molecule has 0 aliphatic rings. The Morgan fingerprint density at radius 3 is 2.40 bits per heavy atom. The Hall–Kier alpha value is -0.770. The molecular formula is C17H20BrNS. The molecule has 0 bridgehead atoms. The van der Waals surface area contributed by atoms with E-state index in [1.165, 1.54) is 15.4 Å². The molecule has 2 aromatic rings. The van der Waals surface area contributed by atoms with Crippen LogP contribution in [0.25, 0.3) is 0 Å². The highest BCUT2D eigenvalue weighted by Gasteiger charge is 2.11. The average Bonchev–Trinajstić information content (AvgIpc) is 2.39. The van der Waals surface area contributed by atoms with Gasteiger partial charge >= 0.3 is 0 Å². The van der Waals surface area contributed by atoms with E-state index in [0.29, 0.717) is 0 Å². The summed E-state index contributed by atoms with van der Waals surface area (Å²) >= 11 is 5.38. The third-order valence-electron chi connectivity index (χ3n) is 2.80. The predicted octanol–water partition coefficient (Wildman–Crippen LogP) is 5.49. The van der Waals surface area contributed by atoms with Gasteiger partial charge in [-0.15, -0.1) is 0 Å². The van der Waals surface area contributed by atoms with Gasteiger partial charge in [-0.3, -0.25) is 0 Å². The molecule has 0 saturated heterocycles. The zero-order valence-electron chi connectivity index (χ0n) is 12.1. The van der Waals surface area contributed by atoms with E-state index in [9.17, 15) is 0 Å². The van der Waals surface area contributed by atoms with Gasteiger partial charge in [0, 0.05) is 26.3 Å². The summed E-state index contributed by atoms with van der Waals surface area (Å²) < 4.78 is 1.13. The first-order valence-corrected chi connectivity index (χ1v) is 8.31. The second-order valence-electron chi connectivity index (χ2n) is 5.77. The highest BCUT2D eigenvalue weighted by atomic mass is 79.9. The quantitative estimate of drug-likeness (QED) is 0.783. The summed E-state index contributed by atoms with van der Waals surface area (Å²) in [5, 5.41) is 3.56. The molecule has 0 amide bonds. The lowest BCUT2D eigenvalue weighted by Crippen LogP contribution is -2.35. The minimum absolute atomic E-state index is 0.122. The summed E-state index contributed by atoms with van der Waals surface area (Å²) in [7, 11) is 0. The Kier molecular flexibility index (Phi) is 5.30. The molecule has 0 spiro atoms. The van der Waals surface area contributed by atoms with Gasteiger partial charge in [-0.05, 0) is 56.7 Å². The van der Waals surface area contributed by atoms with Gasteiger partial charge in [-0.2, -0.15) is 0 Å². The van der Waals surface area contributed by atoms with E-state index in [0.717, 1.165) is 11.0 Å². The molecule has 0 heterocycles. The standard InChI is InChI=1S/C17H20BrNS/c1-17(2,3)19-12-13-11-14(18)9-10-16(13)20-15-7-5-4-6-8-15/h4-11,19H,12H2,1-3H3. The van der Waals surface area contributed by atoms with Crippen LogP contribution in [-0.2, 0) is 6.54 Å². The zero-order chi connectivity index (χ0) is 14.6. The van der Waals surface area contributed by atoms with Crippen LogP contribution in [-0.4, -0.2) is 5.54 Å². The van der Waals surface area contributed by atoms with Crippen LogP contribution in [0.4, 0.5) is 0 Å². The number of hydrogen-bond donors (Lipinski definition) is 1. The summed E-state index contributed by atoms with van der Waals surface area (Å²) in [6.45, 7) is 7.44. The Morgan fingerprint density at radius 2 is 1.75 bits per heavy atom. The molecule has 2 rings (SSSR count). The van der Waals surface area contributed by atoms with Crippen LogP contribution >= 0.6 is 27.7 Å². The second-order valence-corrected chi connectivity index (χ2v) is 7.80. The summed E-state index contributed by atoms with van der Waals surface area (Å²) in [6.07, 6.45) is 0. The van der Waals surface area contributed by atoms with Crippen molar-refractivity contribution < 1.29 is 0 Å². The molecule has 0 unspecified atom stereocenters. The van der Waals surface area contributed by atoms with Crippen LogP contribution in [0.15, 0.2) is 62.8 Å². The van der Waals surface area contributed by atoms with E-state index in [1.54, 1.807) is 0 Å². The van der Waals surface area contributed by atoms with Crippen LogP contribution < -0.4 is 5.32 Å². The third-order valence-corrected chi connectivity index (χ3v) is 4.42. The van der Waals surface area contributed by atoms with Crippen LogP contribution in [0.2, 0.25) is 0 Å². The van der Waals surface area contributed by atoms with Crippen molar-refractivity contribution >= 4 is 27.7 Å². The third kappa shape index (κ3) is 4.97. The molecule has 0 aliphatic carbocycles. The minimum Gasteiger partial charge on any atom is -0.308 e. The van der Waals surface area contributed by atoms with Crippen molar-refractivity contribution in [2.75, 3.05) is 0 Å². The maximum absolute atomic E-state index is 3.57. The summed E-state index contributed by atoms with van der Waals surface area (Å²) in [5.74, 6) is 0. The molecule has 2 aromatic carbocycles. The van der Waals surface area contributed by atoms with Gasteiger partial charge in [-0.1, -0.05) is 45.9 Å². The Labute approximate surface area is 134 Å². The smallest absolute Gasteiger partial charge is 0.0221 e. The van der Waals surface area contributed by atoms with E-state index >= 15 is 0 Å². The fourth-order valence-corrected chi connectivity index (χ4v) is 3.12. The number of rotatable bonds is 4. The molecule has 0 atom stereocenters. The van der Waals surface area contributed by atoms with Crippen molar-refractivity contribution in [3.8, 4) is 0 Å². The number of halogens is 1. The highest BCUT2D eigenvalue weighted by Crippen LogP contribution is 2.32. The lowest BCUT2D eigenvalue weighted by atomic mass is 10.1. The molecule has 0 aromatic heterocycles. The Balaban J connectivity index is 2.19. The van der Waals surface area contributed by atoms with E-state index in [1.807, 2.05) is 17.8 Å². The van der Waals surface area contributed by atoms with Gasteiger partial charge in [0.2, 0.25) is 0 Å². The molecule has 1 N–H and O–H groups in total. The van der Waals surface area contributed by atoms with Gasteiger partial charge in [-0.25, -0.2) is 0 Å². The fourth-order valence-electron chi connectivity index (χ4n) is 1.76. The van der Waals surface area contributed by atoms with Crippen molar-refractivity contribution in [1.82, 2.24) is 5.32 Å². The van der Waals surface area contributed by atoms with Crippen LogP contribution in [0.3, 0.4) is 0 Å². The van der Waals surface area contributed by atoms with Crippen molar-refractivity contribution in [3.05, 3.63) is 58.6 Å². The molecule has 106 valence electrons. The number of hydrogen-bond acceptors (Lipinski definition) is 2. The summed E-state index contributed by atoms with van der Waals surface area (Å²) in [4.78, 5) is 2.57. The fraction of sp³-hybridized carbons (Fsp3) is 0.294. The van der Waals surface area contributed by atoms with Crippen LogP contribution in [0, 0.1) is 0 Å². The first kappa shape index (κ1) is 15.6. The molecule has 3 heteroatoms. The molecule has 1 nitrogen and oxygen atoms in total. The van der Waals surface area contributed by atoms with Gasteiger partial charge in [0.1, 0.15) is 0 Å². The van der Waals surface area contributed by atoms with Crippen molar-refractivity contribution in [2.24, 2.45) is 0 Å². The maximum Gasteiger partial charge on any atom is 0.0221 e. The summed E-state index contributed by atoms with van der Waals surface area (Å²) in [6, 6.07) is 17.0. The first-order valence-electron chi connectivity index (χ1n) is 6.70. The molecule has 0 radical (unpaired) electrons. The normalized spacial score (nSPS) is 11.6. The van der Waals surface area contributed by atoms with Crippen molar-refractivity contribution in [1.29, 1.82) is 0 Å². The van der Waals surface area contributed by atoms with E-state index in [4.69, 9.17) is 0 Å². The topological polar surface area (TPSA) is 12.0 Å². The molecule has 0 saturated carbocycles. The van der Waals surface area contributed by atoms with Gasteiger partial charge < -0.3 is 5.32 Å². The second kappa shape index (κ2) is 6.79. The largest absolute Gasteiger partial charge is 0.308 e. The molecular weight excluding hydrogens is 330 g/mol. The zero-order valence-corrected chi connectivity index (χ0v) is 14.5. The van der Waals surface area contributed by atoms with Crippen molar-refractivity contribution in [3.63, 3.8) is 0 Å². The van der Waals surface area contributed by atoms with Crippen LogP contribution in [0.1, 0.15) is 26.3 Å². The number of nitrogens with one attached hydrogen (secondary N) is 1. The van der Waals surface area contributed by atoms with Gasteiger partial charge in [0.15, 0.2) is 0 Å². The minimum atomic E-state index is 0.122. The molecule has 0 fully saturated rings. The lowest BCUT2D eigenvalue weighted by Gasteiger charge is -2.21. The van der Waals surface area contributed by atoms with E-state index < -0.39 is 0 Å². The van der Waals surface area contributed by atoms with E-state index in [2.05, 4.69) is 84.5 Å². The van der Waals surface area contributed by atoms with E-state index in [-0.39, 0.29) is 5.54 Å². The Bertz CT molecular complexity index is 561. The highest BCUT2D eigenvalue weighted by molar-refractivity contribution is 9.10. The van der Waals surface area contributed by atoms with Crippen LogP contribution in [0.5, 0.6) is 0 Å². The Morgan fingerprint density at radius 1 is 1.05 bits per heavy atom. The monoisotopic (exact) mass is 349 g/mol. The first-order chi connectivity index (χ1) is 9.44. The predicted molar refractivity (Wildman–Crippen MR) is 91.3 cm³/mol. The lowest BCUT2D eigenvalue weighted by molar-refractivity contribution is 0.422. The average molecular weight is 350 g/mol. The van der Waals surface area contributed by atoms with Crippen molar-refractivity contribution in [2.45, 2.75) is 42.6 Å². The molecule has 20 heavy (non-hydrogen) atoms. The number of benzene rings is 2. The van der Waals surface area contributed by atoms with Gasteiger partial charge in [0.05, 0.1) is 0 Å². The maximum atomic E-state index is 3.57. The van der Waals surface area contributed by atoms with Gasteiger partial charge in [0.25, 0.3) is 0 Å². The molecule has 0 aliphatic heterocycles. The summed E-state index contributed by atoms with van der Waals surface area (Å²) in [5.41, 5.74) is 1.44. The SMILES string of the molecule is CC(C)(C)NCc1cc(Br)ccc1Sc1ccccc1.